The Morgan fingerprint density at radius 2 is 1.43 bits per heavy atom. The maximum atomic E-state index is 13.2. The highest BCUT2D eigenvalue weighted by Gasteiger charge is 2.50. The van der Waals surface area contributed by atoms with Crippen molar-refractivity contribution < 1.29 is 70.5 Å². The lowest BCUT2D eigenvalue weighted by molar-refractivity contribution is -0.306. The van der Waals surface area contributed by atoms with Crippen LogP contribution in [0, 0.1) is 0 Å². The summed E-state index contributed by atoms with van der Waals surface area (Å²) in [5, 5.41) is 15.9. The molecule has 1 fully saturated rings. The SMILES string of the molecule is CC(=O)OC[C@H]1OC(OC[C@H](NC(=O)OCC2c3ccccc3-c3ccccc32)C(=O)NCCCS(=O)(=O)O)[C@H](O)[C@@H](OC(C)=O)[C@@H]1OC(C)=O. The van der Waals surface area contributed by atoms with Crippen molar-refractivity contribution in [1.29, 1.82) is 0 Å². The number of benzene rings is 2. The molecule has 18 heteroatoms. The predicted octanol–water partition coefficient (Wildman–Crippen LogP) is 0.817. The molecule has 1 unspecified atom stereocenters. The number of aliphatic hydroxyl groups is 1. The maximum absolute atomic E-state index is 13.2. The zero-order valence-corrected chi connectivity index (χ0v) is 28.8. The molecule has 51 heavy (non-hydrogen) atoms. The minimum atomic E-state index is -4.30. The molecule has 0 bridgehead atoms. The van der Waals surface area contributed by atoms with Crippen molar-refractivity contribution in [3.05, 3.63) is 59.7 Å². The first-order valence-electron chi connectivity index (χ1n) is 15.9. The molecular weight excluding hydrogens is 696 g/mol. The number of aliphatic hydroxyl groups excluding tert-OH is 1. The summed E-state index contributed by atoms with van der Waals surface area (Å²) in [6, 6.07) is 13.8. The fourth-order valence-electron chi connectivity index (χ4n) is 5.77. The number of carbonyl (C=O) groups excluding carboxylic acids is 5. The molecule has 278 valence electrons. The van der Waals surface area contributed by atoms with Gasteiger partial charge in [0.25, 0.3) is 10.1 Å². The topological polar surface area (TPSA) is 239 Å². The largest absolute Gasteiger partial charge is 0.463 e. The van der Waals surface area contributed by atoms with E-state index in [0.717, 1.165) is 43.0 Å². The normalized spacial score (nSPS) is 21.7. The first-order valence-corrected chi connectivity index (χ1v) is 17.5. The van der Waals surface area contributed by atoms with E-state index in [0.29, 0.717) is 0 Å². The van der Waals surface area contributed by atoms with Crippen molar-refractivity contribution in [3.63, 3.8) is 0 Å². The number of alkyl carbamates (subject to hydrolysis) is 1. The van der Waals surface area contributed by atoms with Gasteiger partial charge in [0.15, 0.2) is 18.5 Å². The third-order valence-electron chi connectivity index (χ3n) is 7.93. The molecule has 0 radical (unpaired) electrons. The Morgan fingerprint density at radius 1 is 0.843 bits per heavy atom. The lowest BCUT2D eigenvalue weighted by Gasteiger charge is -2.43. The number of esters is 3. The van der Waals surface area contributed by atoms with Gasteiger partial charge < -0.3 is 44.2 Å². The predicted molar refractivity (Wildman–Crippen MR) is 174 cm³/mol. The average molecular weight is 737 g/mol. The van der Waals surface area contributed by atoms with Gasteiger partial charge in [-0.2, -0.15) is 8.42 Å². The van der Waals surface area contributed by atoms with E-state index < -0.39 is 95.7 Å². The Labute approximate surface area is 293 Å². The molecule has 4 rings (SSSR count). The van der Waals surface area contributed by atoms with E-state index in [1.165, 1.54) is 0 Å². The Bertz CT molecular complexity index is 1650. The third-order valence-corrected chi connectivity index (χ3v) is 8.73. The van der Waals surface area contributed by atoms with Crippen LogP contribution in [0.4, 0.5) is 4.79 Å². The maximum Gasteiger partial charge on any atom is 0.407 e. The number of amides is 2. The standard InChI is InChI=1S/C33H40N2O15S/c1-18(36)45-17-27-29(48-19(2)37)30(49-20(3)38)28(39)32(50-27)46-16-26(31(40)34-13-8-14-51(42,43)44)35-33(41)47-15-25-23-11-6-4-9-21(23)22-10-5-7-12-24(22)25/h4-7,9-12,25-30,32,39H,8,13-17H2,1-3H3,(H,34,40)(H,35,41)(H,42,43,44)/t26-,27+,28+,29+,30+,32?/m0/s1. The highest BCUT2D eigenvalue weighted by molar-refractivity contribution is 7.85. The van der Waals surface area contributed by atoms with Crippen molar-refractivity contribution in [2.24, 2.45) is 0 Å². The molecule has 1 aliphatic carbocycles. The fourth-order valence-corrected chi connectivity index (χ4v) is 6.28. The summed E-state index contributed by atoms with van der Waals surface area (Å²) in [6.07, 6.45) is -8.95. The van der Waals surface area contributed by atoms with Crippen LogP contribution in [-0.2, 0) is 57.7 Å². The number of hydrogen-bond donors (Lipinski definition) is 4. The third kappa shape index (κ3) is 10.9. The Balaban J connectivity index is 1.49. The molecule has 4 N–H and O–H groups in total. The van der Waals surface area contributed by atoms with E-state index in [-0.39, 0.29) is 25.5 Å². The van der Waals surface area contributed by atoms with Crippen LogP contribution in [0.15, 0.2) is 48.5 Å². The number of rotatable bonds is 15. The van der Waals surface area contributed by atoms with Crippen LogP contribution >= 0.6 is 0 Å². The highest BCUT2D eigenvalue weighted by atomic mass is 32.2. The Hall–Kier alpha value is -4.62. The number of ether oxygens (including phenoxy) is 6. The van der Waals surface area contributed by atoms with Crippen molar-refractivity contribution in [3.8, 4) is 11.1 Å². The van der Waals surface area contributed by atoms with Crippen molar-refractivity contribution in [1.82, 2.24) is 10.6 Å². The summed E-state index contributed by atoms with van der Waals surface area (Å²) in [5.74, 6) is -4.18. The van der Waals surface area contributed by atoms with Gasteiger partial charge in [-0.15, -0.1) is 0 Å². The lowest BCUT2D eigenvalue weighted by Crippen LogP contribution is -2.62. The summed E-state index contributed by atoms with van der Waals surface area (Å²) >= 11 is 0. The summed E-state index contributed by atoms with van der Waals surface area (Å²) in [5.41, 5.74) is 3.89. The molecule has 17 nitrogen and oxygen atoms in total. The number of fused-ring (bicyclic) bond motifs is 3. The zero-order chi connectivity index (χ0) is 37.3. The minimum absolute atomic E-state index is 0.0900. The van der Waals surface area contributed by atoms with Gasteiger partial charge in [0.1, 0.15) is 31.5 Å². The molecule has 2 aliphatic rings. The number of hydrogen-bond acceptors (Lipinski definition) is 14. The van der Waals surface area contributed by atoms with E-state index in [9.17, 15) is 37.5 Å². The molecule has 1 aliphatic heterocycles. The van der Waals surface area contributed by atoms with Crippen LogP contribution in [0.3, 0.4) is 0 Å². The van der Waals surface area contributed by atoms with Gasteiger partial charge >= 0.3 is 24.0 Å². The molecule has 6 atom stereocenters. The van der Waals surface area contributed by atoms with Gasteiger partial charge in [-0.3, -0.25) is 23.7 Å². The average Bonchev–Trinajstić information content (AvgIpc) is 3.38. The van der Waals surface area contributed by atoms with Crippen molar-refractivity contribution >= 4 is 40.0 Å². The molecule has 2 aromatic rings. The molecule has 1 heterocycles. The summed E-state index contributed by atoms with van der Waals surface area (Å²) in [4.78, 5) is 61.6. The second kappa shape index (κ2) is 17.5. The Kier molecular flexibility index (Phi) is 13.5. The van der Waals surface area contributed by atoms with Gasteiger partial charge in [-0.25, -0.2) is 4.79 Å². The van der Waals surface area contributed by atoms with E-state index in [1.807, 2.05) is 48.5 Å². The monoisotopic (exact) mass is 736 g/mol. The summed E-state index contributed by atoms with van der Waals surface area (Å²) in [6.45, 7) is 1.74. The number of nitrogens with one attached hydrogen (secondary N) is 2. The molecule has 0 spiro atoms. The van der Waals surface area contributed by atoms with E-state index in [2.05, 4.69) is 10.6 Å². The van der Waals surface area contributed by atoms with Gasteiger partial charge in [0.2, 0.25) is 5.91 Å². The smallest absolute Gasteiger partial charge is 0.407 e. The second-order valence-corrected chi connectivity index (χ2v) is 13.3. The van der Waals surface area contributed by atoms with Crippen LogP contribution in [0.5, 0.6) is 0 Å². The van der Waals surface area contributed by atoms with E-state index in [1.54, 1.807) is 0 Å². The number of carbonyl (C=O) groups is 5. The Morgan fingerprint density at radius 3 is 2.00 bits per heavy atom. The van der Waals surface area contributed by atoms with Crippen LogP contribution < -0.4 is 10.6 Å². The highest BCUT2D eigenvalue weighted by Crippen LogP contribution is 2.44. The molecule has 2 amide bonds. The molecule has 0 saturated carbocycles. The van der Waals surface area contributed by atoms with Crippen molar-refractivity contribution in [2.45, 2.75) is 69.9 Å². The minimum Gasteiger partial charge on any atom is -0.463 e. The molecule has 2 aromatic carbocycles. The summed E-state index contributed by atoms with van der Waals surface area (Å²) in [7, 11) is -4.30. The van der Waals surface area contributed by atoms with Gasteiger partial charge in [-0.05, 0) is 28.7 Å². The van der Waals surface area contributed by atoms with Crippen LogP contribution in [0.1, 0.15) is 44.2 Å². The van der Waals surface area contributed by atoms with Crippen molar-refractivity contribution in [2.75, 3.05) is 32.1 Å². The first-order chi connectivity index (χ1) is 24.1. The first kappa shape index (κ1) is 39.2. The molecular formula is C33H40N2O15S. The van der Waals surface area contributed by atoms with E-state index >= 15 is 0 Å². The van der Waals surface area contributed by atoms with Gasteiger partial charge in [0.05, 0.1) is 12.4 Å². The van der Waals surface area contributed by atoms with Gasteiger partial charge in [-0.1, -0.05) is 48.5 Å². The van der Waals surface area contributed by atoms with E-state index in [4.69, 9.17) is 33.0 Å². The molecule has 1 saturated heterocycles. The fraction of sp³-hybridized carbons (Fsp3) is 0.485. The van der Waals surface area contributed by atoms with Crippen LogP contribution in [-0.4, -0.2) is 117 Å². The lowest BCUT2D eigenvalue weighted by atomic mass is 9.98. The van der Waals surface area contributed by atoms with Gasteiger partial charge in [0, 0.05) is 33.2 Å². The molecule has 0 aromatic heterocycles. The zero-order valence-electron chi connectivity index (χ0n) is 28.0. The second-order valence-electron chi connectivity index (χ2n) is 11.8. The summed E-state index contributed by atoms with van der Waals surface area (Å²) < 4.78 is 63.7. The van der Waals surface area contributed by atoms with Crippen LogP contribution in [0.2, 0.25) is 0 Å². The quantitative estimate of drug-likeness (QED) is 0.0857. The van der Waals surface area contributed by atoms with Crippen LogP contribution in [0.25, 0.3) is 11.1 Å².